The minimum Gasteiger partial charge on any atom is -0.198 e. The Morgan fingerprint density at radius 2 is 2.13 bits per heavy atom. The van der Waals surface area contributed by atoms with E-state index in [4.69, 9.17) is 0 Å². The summed E-state index contributed by atoms with van der Waals surface area (Å²) in [5.74, 6) is -1.27. The summed E-state index contributed by atoms with van der Waals surface area (Å²) in [5.41, 5.74) is 0.656. The van der Waals surface area contributed by atoms with Gasteiger partial charge in [-0.15, -0.1) is 0 Å². The van der Waals surface area contributed by atoms with E-state index < -0.39 is 12.1 Å². The Morgan fingerprint density at radius 1 is 1.33 bits per heavy atom. The highest BCUT2D eigenvalue weighted by Crippen LogP contribution is 2.42. The molecule has 0 amide bonds. The van der Waals surface area contributed by atoms with Gasteiger partial charge < -0.3 is 0 Å². The molecule has 0 saturated heterocycles. The molecule has 1 N–H and O–H groups in total. The van der Waals surface area contributed by atoms with Crippen LogP contribution in [0.2, 0.25) is 0 Å². The fraction of sp³-hybridized carbons (Fsp3) is 0.778. The number of halogens is 3. The molecule has 84 valence electrons. The Hall–Kier alpha value is -1.07. The Morgan fingerprint density at radius 3 is 2.73 bits per heavy atom. The average molecular weight is 219 g/mol. The van der Waals surface area contributed by atoms with Crippen molar-refractivity contribution in [2.24, 2.45) is 5.92 Å². The van der Waals surface area contributed by atoms with Crippen molar-refractivity contribution in [2.75, 3.05) is 0 Å². The van der Waals surface area contributed by atoms with Crippen LogP contribution in [0, 0.1) is 5.92 Å². The van der Waals surface area contributed by atoms with Crippen LogP contribution < -0.4 is 0 Å². The van der Waals surface area contributed by atoms with Crippen molar-refractivity contribution in [3.63, 3.8) is 0 Å². The van der Waals surface area contributed by atoms with Gasteiger partial charge in [-0.1, -0.05) is 6.42 Å². The van der Waals surface area contributed by atoms with Crippen LogP contribution in [0.25, 0.3) is 0 Å². The molecule has 0 bridgehead atoms. The van der Waals surface area contributed by atoms with Gasteiger partial charge in [0.15, 0.2) is 0 Å². The number of aromatic nitrogens is 3. The maximum Gasteiger partial charge on any atom is 0.391 e. The molecular formula is C9H12F3N3. The highest BCUT2D eigenvalue weighted by molar-refractivity contribution is 5.03. The number of hydrogen-bond donors (Lipinski definition) is 1. The minimum atomic E-state index is -4.07. The molecule has 1 aromatic rings. The van der Waals surface area contributed by atoms with Crippen LogP contribution in [0.4, 0.5) is 13.2 Å². The lowest BCUT2D eigenvalue weighted by atomic mass is 9.80. The van der Waals surface area contributed by atoms with Gasteiger partial charge in [0.2, 0.25) is 0 Å². The second kappa shape index (κ2) is 3.83. The van der Waals surface area contributed by atoms with Crippen molar-refractivity contribution < 1.29 is 13.2 Å². The molecule has 1 saturated carbocycles. The zero-order valence-electron chi connectivity index (χ0n) is 8.09. The molecule has 1 fully saturated rings. The predicted molar refractivity (Wildman–Crippen MR) is 47.1 cm³/mol. The Balaban J connectivity index is 2.05. The van der Waals surface area contributed by atoms with Crippen molar-refractivity contribution in [1.82, 2.24) is 15.4 Å². The highest BCUT2D eigenvalue weighted by Gasteiger charge is 2.42. The topological polar surface area (TPSA) is 41.6 Å². The number of rotatable bonds is 1. The summed E-state index contributed by atoms with van der Waals surface area (Å²) in [5, 5.41) is 9.92. The first-order valence-corrected chi connectivity index (χ1v) is 4.99. The number of aromatic amines is 1. The van der Waals surface area contributed by atoms with Crippen molar-refractivity contribution >= 4 is 0 Å². The van der Waals surface area contributed by atoms with Crippen molar-refractivity contribution in [3.05, 3.63) is 11.9 Å². The van der Waals surface area contributed by atoms with Gasteiger partial charge in [0.25, 0.3) is 0 Å². The molecule has 6 heteroatoms. The van der Waals surface area contributed by atoms with E-state index in [-0.39, 0.29) is 18.8 Å². The van der Waals surface area contributed by atoms with E-state index in [1.807, 2.05) is 0 Å². The first-order chi connectivity index (χ1) is 7.07. The predicted octanol–water partition coefficient (Wildman–Crippen LogP) is 2.64. The second-order valence-electron chi connectivity index (χ2n) is 4.00. The van der Waals surface area contributed by atoms with Gasteiger partial charge in [0.1, 0.15) is 0 Å². The molecule has 2 atom stereocenters. The smallest absolute Gasteiger partial charge is 0.198 e. The summed E-state index contributed by atoms with van der Waals surface area (Å²) < 4.78 is 37.5. The van der Waals surface area contributed by atoms with Crippen LogP contribution in [0.1, 0.15) is 37.3 Å². The molecule has 1 heterocycles. The summed E-state index contributed by atoms with van der Waals surface area (Å²) in [6, 6.07) is 0. The SMILES string of the molecule is FC(F)(F)[C@H]1CCC[C@H](c2cn[nH]n2)C1. The van der Waals surface area contributed by atoms with Gasteiger partial charge in [0.05, 0.1) is 17.8 Å². The van der Waals surface area contributed by atoms with E-state index in [1.165, 1.54) is 6.20 Å². The van der Waals surface area contributed by atoms with Crippen molar-refractivity contribution in [3.8, 4) is 0 Å². The quantitative estimate of drug-likeness (QED) is 0.788. The largest absolute Gasteiger partial charge is 0.391 e. The van der Waals surface area contributed by atoms with Crippen LogP contribution >= 0.6 is 0 Å². The standard InChI is InChI=1S/C9H12F3N3/c10-9(11,12)7-3-1-2-6(4-7)8-5-13-15-14-8/h5-7H,1-4H2,(H,13,14,15)/t6-,7-/m0/s1. The van der Waals surface area contributed by atoms with E-state index in [2.05, 4.69) is 15.4 Å². The maximum absolute atomic E-state index is 12.5. The molecular weight excluding hydrogens is 207 g/mol. The monoisotopic (exact) mass is 219 g/mol. The fourth-order valence-electron chi connectivity index (χ4n) is 2.16. The third-order valence-corrected chi connectivity index (χ3v) is 2.99. The van der Waals surface area contributed by atoms with Crippen LogP contribution in [0.15, 0.2) is 6.20 Å². The summed E-state index contributed by atoms with van der Waals surface area (Å²) in [6.07, 6.45) is -0.763. The van der Waals surface area contributed by atoms with E-state index in [1.54, 1.807) is 0 Å². The number of nitrogens with one attached hydrogen (secondary N) is 1. The maximum atomic E-state index is 12.5. The van der Waals surface area contributed by atoms with Gasteiger partial charge in [0, 0.05) is 5.92 Å². The van der Waals surface area contributed by atoms with E-state index in [0.29, 0.717) is 12.1 Å². The molecule has 2 rings (SSSR count). The molecule has 0 radical (unpaired) electrons. The lowest BCUT2D eigenvalue weighted by Gasteiger charge is -2.29. The Kier molecular flexibility index (Phi) is 2.67. The third kappa shape index (κ3) is 2.30. The molecule has 3 nitrogen and oxygen atoms in total. The Bertz CT molecular complexity index is 307. The van der Waals surface area contributed by atoms with Crippen molar-refractivity contribution in [2.45, 2.75) is 37.8 Å². The first kappa shape index (κ1) is 10.4. The lowest BCUT2D eigenvalue weighted by Crippen LogP contribution is -2.28. The fourth-order valence-corrected chi connectivity index (χ4v) is 2.16. The van der Waals surface area contributed by atoms with Gasteiger partial charge in [-0.3, -0.25) is 0 Å². The highest BCUT2D eigenvalue weighted by atomic mass is 19.4. The summed E-state index contributed by atoms with van der Waals surface area (Å²) >= 11 is 0. The zero-order chi connectivity index (χ0) is 10.9. The van der Waals surface area contributed by atoms with E-state index in [0.717, 1.165) is 6.42 Å². The van der Waals surface area contributed by atoms with Crippen LogP contribution in [-0.4, -0.2) is 21.6 Å². The molecule has 0 aliphatic heterocycles. The normalized spacial score (nSPS) is 27.9. The van der Waals surface area contributed by atoms with Crippen LogP contribution in [0.3, 0.4) is 0 Å². The summed E-state index contributed by atoms with van der Waals surface area (Å²) in [7, 11) is 0. The zero-order valence-corrected chi connectivity index (χ0v) is 8.09. The lowest BCUT2D eigenvalue weighted by molar-refractivity contribution is -0.183. The van der Waals surface area contributed by atoms with Crippen molar-refractivity contribution in [1.29, 1.82) is 0 Å². The van der Waals surface area contributed by atoms with E-state index >= 15 is 0 Å². The minimum absolute atomic E-state index is 0.0934. The number of alkyl halides is 3. The molecule has 0 aromatic carbocycles. The number of hydrogen-bond acceptors (Lipinski definition) is 2. The Labute approximate surface area is 85.1 Å². The van der Waals surface area contributed by atoms with E-state index in [9.17, 15) is 13.2 Å². The third-order valence-electron chi connectivity index (χ3n) is 2.99. The van der Waals surface area contributed by atoms with Gasteiger partial charge in [-0.2, -0.15) is 28.6 Å². The van der Waals surface area contributed by atoms with Gasteiger partial charge in [-0.05, 0) is 19.3 Å². The molecule has 0 unspecified atom stereocenters. The number of nitrogens with zero attached hydrogens (tertiary/aromatic N) is 2. The van der Waals surface area contributed by atoms with Crippen LogP contribution in [0.5, 0.6) is 0 Å². The number of H-pyrrole nitrogens is 1. The molecule has 1 aromatic heterocycles. The average Bonchev–Trinajstić information content (AvgIpc) is 2.69. The molecule has 1 aliphatic carbocycles. The molecule has 0 spiro atoms. The van der Waals surface area contributed by atoms with Crippen LogP contribution in [-0.2, 0) is 0 Å². The summed E-state index contributed by atoms with van der Waals surface area (Å²) in [6.45, 7) is 0. The molecule has 1 aliphatic rings. The molecule has 15 heavy (non-hydrogen) atoms. The summed E-state index contributed by atoms with van der Waals surface area (Å²) in [4.78, 5) is 0. The van der Waals surface area contributed by atoms with Gasteiger partial charge in [-0.25, -0.2) is 0 Å². The first-order valence-electron chi connectivity index (χ1n) is 4.99. The second-order valence-corrected chi connectivity index (χ2v) is 4.00. The van der Waals surface area contributed by atoms with Gasteiger partial charge >= 0.3 is 6.18 Å².